The lowest BCUT2D eigenvalue weighted by atomic mass is 10.3. The van der Waals surface area contributed by atoms with Gasteiger partial charge in [0.2, 0.25) is 0 Å². The lowest BCUT2D eigenvalue weighted by Crippen LogP contribution is -2.14. The van der Waals surface area contributed by atoms with E-state index in [0.29, 0.717) is 104 Å². The van der Waals surface area contributed by atoms with Gasteiger partial charge in [-0.3, -0.25) is 0 Å². The van der Waals surface area contributed by atoms with Crippen LogP contribution in [0.4, 0.5) is 0 Å². The monoisotopic (exact) mass is 742 g/mol. The summed E-state index contributed by atoms with van der Waals surface area (Å²) in [5, 5.41) is 0. The van der Waals surface area contributed by atoms with Crippen molar-refractivity contribution in [1.82, 2.24) is 0 Å². The molecule has 0 bridgehead atoms. The molecule has 1 aromatic carbocycles. The first-order valence-electron chi connectivity index (χ1n) is 11.1. The summed E-state index contributed by atoms with van der Waals surface area (Å²) in [4.78, 5) is 0. The van der Waals surface area contributed by atoms with Crippen LogP contribution in [0.25, 0.3) is 0 Å². The number of benzene rings is 1. The van der Waals surface area contributed by atoms with Crippen molar-refractivity contribution < 1.29 is 37.9 Å². The minimum absolute atomic E-state index is 0.385. The zero-order chi connectivity index (χ0) is 25.0. The molecule has 12 heteroatoms. The molecule has 0 heterocycles. The molecule has 198 valence electrons. The molecule has 0 unspecified atom stereocenters. The Morgan fingerprint density at radius 3 is 0.882 bits per heavy atom. The molecule has 0 fully saturated rings. The van der Waals surface area contributed by atoms with Gasteiger partial charge in [0, 0.05) is 13.2 Å². The summed E-state index contributed by atoms with van der Waals surface area (Å²) in [6.07, 6.45) is 0. The van der Waals surface area contributed by atoms with Crippen molar-refractivity contribution in [2.24, 2.45) is 0 Å². The average Bonchev–Trinajstić information content (AvgIpc) is 2.84. The molecule has 0 aliphatic rings. The normalized spacial score (nSPS) is 11.2. The quantitative estimate of drug-likeness (QED) is 0.112. The second-order valence-corrected chi connectivity index (χ2v) is 9.63. The molecule has 34 heavy (non-hydrogen) atoms. The van der Waals surface area contributed by atoms with Gasteiger partial charge in [-0.25, -0.2) is 0 Å². The van der Waals surface area contributed by atoms with E-state index in [1.54, 1.807) is 0 Å². The Kier molecular flexibility index (Phi) is 20.6. The van der Waals surface area contributed by atoms with Crippen LogP contribution in [-0.2, 0) is 28.4 Å². The van der Waals surface area contributed by atoms with Crippen molar-refractivity contribution in [3.63, 3.8) is 0 Å². The van der Waals surface area contributed by atoms with Crippen LogP contribution in [0.1, 0.15) is 13.8 Å². The highest BCUT2D eigenvalue weighted by Gasteiger charge is 2.21. The predicted octanol–water partition coefficient (Wildman–Crippen LogP) is 5.63. The molecule has 0 aliphatic carbocycles. The van der Waals surface area contributed by atoms with Crippen molar-refractivity contribution in [2.75, 3.05) is 92.5 Å². The van der Waals surface area contributed by atoms with Crippen LogP contribution < -0.4 is 9.47 Å². The zero-order valence-corrected chi connectivity index (χ0v) is 26.0. The predicted molar refractivity (Wildman–Crippen MR) is 144 cm³/mol. The molecule has 1 aromatic rings. The van der Waals surface area contributed by atoms with Crippen LogP contribution in [0.2, 0.25) is 0 Å². The number of rotatable bonds is 22. The molecule has 0 spiro atoms. The minimum Gasteiger partial charge on any atom is -0.489 e. The highest BCUT2D eigenvalue weighted by molar-refractivity contribution is 9.14. The molecule has 1 rings (SSSR count). The van der Waals surface area contributed by atoms with Crippen molar-refractivity contribution in [3.8, 4) is 11.5 Å². The van der Waals surface area contributed by atoms with Gasteiger partial charge in [0.1, 0.15) is 24.7 Å². The third-order valence-electron chi connectivity index (χ3n) is 4.03. The van der Waals surface area contributed by atoms with Crippen LogP contribution in [0.5, 0.6) is 11.5 Å². The molecule has 0 amide bonds. The first-order valence-corrected chi connectivity index (χ1v) is 14.3. The summed E-state index contributed by atoms with van der Waals surface area (Å²) in [6.45, 7) is 11.3. The molecular weight excluding hydrogens is 712 g/mol. The van der Waals surface area contributed by atoms with Crippen molar-refractivity contribution >= 4 is 63.7 Å². The van der Waals surface area contributed by atoms with E-state index in [1.807, 2.05) is 13.8 Å². The van der Waals surface area contributed by atoms with Crippen molar-refractivity contribution in [3.05, 3.63) is 17.9 Å². The van der Waals surface area contributed by atoms with E-state index < -0.39 is 0 Å². The number of halogens is 4. The van der Waals surface area contributed by atoms with E-state index >= 15 is 0 Å². The van der Waals surface area contributed by atoms with Gasteiger partial charge in [0.05, 0.1) is 84.0 Å². The summed E-state index contributed by atoms with van der Waals surface area (Å²) in [5.74, 6) is 1.28. The summed E-state index contributed by atoms with van der Waals surface area (Å²) in [6, 6.07) is 0. The van der Waals surface area contributed by atoms with Gasteiger partial charge >= 0.3 is 0 Å². The fourth-order valence-corrected chi connectivity index (χ4v) is 4.92. The third kappa shape index (κ3) is 13.7. The number of ether oxygens (including phenoxy) is 8. The van der Waals surface area contributed by atoms with Crippen LogP contribution in [-0.4, -0.2) is 92.5 Å². The smallest absolute Gasteiger partial charge is 0.150 e. The topological polar surface area (TPSA) is 73.8 Å². The maximum absolute atomic E-state index is 5.91. The fraction of sp³-hybridized carbons (Fsp3) is 0.727. The maximum atomic E-state index is 5.91. The largest absolute Gasteiger partial charge is 0.489 e. The summed E-state index contributed by atoms with van der Waals surface area (Å²) in [7, 11) is 0. The molecule has 0 aromatic heterocycles. The van der Waals surface area contributed by atoms with Crippen LogP contribution in [0.3, 0.4) is 0 Å². The highest BCUT2D eigenvalue weighted by atomic mass is 79.9. The molecule has 0 N–H and O–H groups in total. The van der Waals surface area contributed by atoms with E-state index in [-0.39, 0.29) is 0 Å². The van der Waals surface area contributed by atoms with E-state index in [9.17, 15) is 0 Å². The second kappa shape index (κ2) is 21.6. The average molecular weight is 746 g/mol. The van der Waals surface area contributed by atoms with Crippen LogP contribution >= 0.6 is 63.7 Å². The lowest BCUT2D eigenvalue weighted by Gasteiger charge is -2.18. The third-order valence-corrected chi connectivity index (χ3v) is 8.12. The van der Waals surface area contributed by atoms with Crippen molar-refractivity contribution in [1.29, 1.82) is 0 Å². The summed E-state index contributed by atoms with van der Waals surface area (Å²) in [5.41, 5.74) is 0. The Balaban J connectivity index is 2.31. The van der Waals surface area contributed by atoms with Gasteiger partial charge in [-0.05, 0) is 77.6 Å². The summed E-state index contributed by atoms with van der Waals surface area (Å²) >= 11 is 14.3. The van der Waals surface area contributed by atoms with Crippen molar-refractivity contribution in [2.45, 2.75) is 13.8 Å². The van der Waals surface area contributed by atoms with Crippen LogP contribution in [0, 0.1) is 0 Å². The fourth-order valence-electron chi connectivity index (χ4n) is 2.42. The van der Waals surface area contributed by atoms with Gasteiger partial charge in [0.25, 0.3) is 0 Å². The Morgan fingerprint density at radius 2 is 0.618 bits per heavy atom. The minimum atomic E-state index is 0.385. The maximum Gasteiger partial charge on any atom is 0.150 e. The second-order valence-electron chi connectivity index (χ2n) is 6.45. The summed E-state index contributed by atoms with van der Waals surface area (Å²) < 4.78 is 47.1. The molecular formula is C22H34Br4O8. The molecule has 0 saturated heterocycles. The Bertz CT molecular complexity index is 582. The first-order chi connectivity index (χ1) is 16.5. The first kappa shape index (κ1) is 32.5. The number of hydrogen-bond acceptors (Lipinski definition) is 8. The molecule has 0 atom stereocenters. The molecule has 8 nitrogen and oxygen atoms in total. The van der Waals surface area contributed by atoms with E-state index in [2.05, 4.69) is 63.7 Å². The Morgan fingerprint density at radius 1 is 0.382 bits per heavy atom. The van der Waals surface area contributed by atoms with Gasteiger partial charge in [-0.2, -0.15) is 0 Å². The number of hydrogen-bond donors (Lipinski definition) is 0. The standard InChI is InChI=1S/C22H34Br4O8/c1-3-27-5-7-29-9-11-31-13-15-33-21-17(23)19(25)22(20(26)18(21)24)34-16-14-32-12-10-30-8-6-28-4-2/h3-16H2,1-2H3. The van der Waals surface area contributed by atoms with Gasteiger partial charge in [-0.1, -0.05) is 0 Å². The molecule has 0 saturated carbocycles. The lowest BCUT2D eigenvalue weighted by molar-refractivity contribution is 0.0110. The Labute approximate surface area is 236 Å². The van der Waals surface area contributed by atoms with E-state index in [1.165, 1.54) is 0 Å². The highest BCUT2D eigenvalue weighted by Crippen LogP contribution is 2.50. The van der Waals surface area contributed by atoms with Crippen LogP contribution in [0.15, 0.2) is 17.9 Å². The SMILES string of the molecule is CCOCCOCCOCCOc1c(Br)c(Br)c(OCCOCCOCCOCC)c(Br)c1Br. The molecule has 0 aliphatic heterocycles. The van der Waals surface area contributed by atoms with E-state index in [4.69, 9.17) is 37.9 Å². The Hall–Kier alpha value is 0.500. The van der Waals surface area contributed by atoms with Gasteiger partial charge < -0.3 is 37.9 Å². The zero-order valence-electron chi connectivity index (χ0n) is 19.7. The van der Waals surface area contributed by atoms with Gasteiger partial charge in [-0.15, -0.1) is 0 Å². The van der Waals surface area contributed by atoms with Gasteiger partial charge in [0.15, 0.2) is 0 Å². The molecule has 0 radical (unpaired) electrons. The van der Waals surface area contributed by atoms with E-state index in [0.717, 1.165) is 17.9 Å².